The summed E-state index contributed by atoms with van der Waals surface area (Å²) in [4.78, 5) is 24.9. The number of unbranched alkanes of at least 4 members (excludes halogenated alkanes) is 1. The third kappa shape index (κ3) is 5.79. The van der Waals surface area contributed by atoms with Gasteiger partial charge in [-0.3, -0.25) is 4.79 Å². The van der Waals surface area contributed by atoms with Crippen LogP contribution in [0.4, 0.5) is 0 Å². The molecule has 32 heavy (non-hydrogen) atoms. The smallest absolute Gasteiger partial charge is 0.344 e. The minimum Gasteiger partial charge on any atom is -0.462 e. The Labute approximate surface area is 189 Å². The maximum absolute atomic E-state index is 12.6. The van der Waals surface area contributed by atoms with Gasteiger partial charge in [0.1, 0.15) is 11.3 Å². The first-order chi connectivity index (χ1) is 15.4. The number of aryl methyl sites for hydroxylation is 1. The summed E-state index contributed by atoms with van der Waals surface area (Å²) in [5.41, 5.74) is 1.09. The van der Waals surface area contributed by atoms with Crippen molar-refractivity contribution in [3.8, 4) is 5.75 Å². The van der Waals surface area contributed by atoms with Gasteiger partial charge < -0.3 is 8.92 Å². The van der Waals surface area contributed by atoms with E-state index in [1.165, 1.54) is 24.3 Å². The maximum Gasteiger partial charge on any atom is 0.344 e. The number of hydrogen-bond donors (Lipinski definition) is 0. The Bertz CT molecular complexity index is 1160. The van der Waals surface area contributed by atoms with Gasteiger partial charge in [-0.1, -0.05) is 48.8 Å². The van der Waals surface area contributed by atoms with Gasteiger partial charge in [0.2, 0.25) is 0 Å². The summed E-state index contributed by atoms with van der Waals surface area (Å²) in [6, 6.07) is 11.2. The molecule has 1 heterocycles. The molecule has 2 aromatic carbocycles. The molecule has 2 unspecified atom stereocenters. The van der Waals surface area contributed by atoms with Crippen LogP contribution in [0.2, 0.25) is 0 Å². The normalized spacial score (nSPS) is 13.0. The molecule has 0 saturated heterocycles. The van der Waals surface area contributed by atoms with Gasteiger partial charge >= 0.3 is 17.2 Å². The van der Waals surface area contributed by atoms with Gasteiger partial charge in [0, 0.05) is 0 Å². The minimum absolute atomic E-state index is 0.215. The van der Waals surface area contributed by atoms with E-state index in [1.54, 1.807) is 12.1 Å². The molecule has 2 atom stereocenters. The highest BCUT2D eigenvalue weighted by Gasteiger charge is 2.15. The molecule has 3 aromatic rings. The largest absolute Gasteiger partial charge is 0.462 e. The lowest BCUT2D eigenvalue weighted by Gasteiger charge is -2.14. The van der Waals surface area contributed by atoms with Crippen LogP contribution in [0.1, 0.15) is 55.5 Å². The van der Waals surface area contributed by atoms with E-state index in [9.17, 15) is 13.8 Å². The van der Waals surface area contributed by atoms with Gasteiger partial charge in [0.25, 0.3) is 5.56 Å². The lowest BCUT2D eigenvalue weighted by molar-refractivity contribution is 0.0428. The molecule has 0 bridgehead atoms. The minimum atomic E-state index is -2.23. The summed E-state index contributed by atoms with van der Waals surface area (Å²) in [6.45, 7) is 6.46. The summed E-state index contributed by atoms with van der Waals surface area (Å²) in [7, 11) is 0. The van der Waals surface area contributed by atoms with Gasteiger partial charge in [-0.25, -0.2) is 4.79 Å². The van der Waals surface area contributed by atoms with E-state index in [0.717, 1.165) is 31.2 Å². The number of carbonyl (C=O) groups is 1. The van der Waals surface area contributed by atoms with Crippen LogP contribution in [0.25, 0.3) is 10.9 Å². The zero-order valence-corrected chi connectivity index (χ0v) is 19.3. The number of aromatic nitrogens is 3. The molecule has 0 radical (unpaired) electrons. The summed E-state index contributed by atoms with van der Waals surface area (Å²) >= 11 is -2.23. The third-order valence-corrected chi connectivity index (χ3v) is 6.04. The first-order valence-corrected chi connectivity index (χ1v) is 11.7. The number of ether oxygens (including phenoxy) is 1. The second kappa shape index (κ2) is 11.0. The molecular weight excluding hydrogens is 430 g/mol. The average Bonchev–Trinajstić information content (AvgIpc) is 2.80. The number of carbonyl (C=O) groups excluding carboxylic acids is 1. The fourth-order valence-electron chi connectivity index (χ4n) is 3.18. The summed E-state index contributed by atoms with van der Waals surface area (Å²) < 4.78 is 24.0. The molecule has 8 nitrogen and oxygen atoms in total. The second-order valence-corrected chi connectivity index (χ2v) is 8.57. The highest BCUT2D eigenvalue weighted by atomic mass is 32.2. The Balaban J connectivity index is 1.65. The average molecular weight is 458 g/mol. The molecule has 0 aliphatic rings. The Hall–Kier alpha value is -3.07. The van der Waals surface area contributed by atoms with E-state index in [0.29, 0.717) is 33.1 Å². The number of hydrogen-bond acceptors (Lipinski definition) is 7. The quantitative estimate of drug-likeness (QED) is 0.425. The van der Waals surface area contributed by atoms with Crippen molar-refractivity contribution in [1.82, 2.24) is 14.4 Å². The molecule has 3 rings (SSSR count). The summed E-state index contributed by atoms with van der Waals surface area (Å²) in [6.07, 6.45) is 4.23. The number of fused-ring (bicyclic) bond motifs is 1. The fourth-order valence-corrected chi connectivity index (χ4v) is 3.85. The summed E-state index contributed by atoms with van der Waals surface area (Å²) in [5.74, 6) is 0.154. The Kier molecular flexibility index (Phi) is 8.10. The number of benzene rings is 2. The SMILES string of the molecule is CCCCC(CC)COC(=O)c1ccc(OS(=O)n2nnc3ccc(C)cc3c2=O)cc1. The molecule has 0 spiro atoms. The molecular formula is C23H27N3O5S. The maximum atomic E-state index is 12.6. The molecule has 1 aromatic heterocycles. The molecule has 9 heteroatoms. The topological polar surface area (TPSA) is 100 Å². The summed E-state index contributed by atoms with van der Waals surface area (Å²) in [5, 5.41) is 7.93. The van der Waals surface area contributed by atoms with Crippen LogP contribution in [-0.2, 0) is 16.0 Å². The first kappa shape index (κ1) is 23.6. The van der Waals surface area contributed by atoms with Crippen molar-refractivity contribution in [2.45, 2.75) is 46.5 Å². The predicted molar refractivity (Wildman–Crippen MR) is 123 cm³/mol. The van der Waals surface area contributed by atoms with Crippen LogP contribution >= 0.6 is 0 Å². The molecule has 0 fully saturated rings. The van der Waals surface area contributed by atoms with Crippen molar-refractivity contribution in [3.05, 3.63) is 63.9 Å². The molecule has 0 amide bonds. The third-order valence-electron chi connectivity index (χ3n) is 5.18. The van der Waals surface area contributed by atoms with E-state index >= 15 is 0 Å². The number of rotatable bonds is 10. The molecule has 0 saturated carbocycles. The van der Waals surface area contributed by atoms with Gasteiger partial charge in [-0.05, 0) is 60.9 Å². The molecule has 0 aliphatic heterocycles. The van der Waals surface area contributed by atoms with E-state index in [2.05, 4.69) is 24.2 Å². The monoisotopic (exact) mass is 457 g/mol. The van der Waals surface area contributed by atoms with Crippen molar-refractivity contribution < 1.29 is 17.9 Å². The number of esters is 1. The van der Waals surface area contributed by atoms with Crippen LogP contribution in [0.15, 0.2) is 47.3 Å². The van der Waals surface area contributed by atoms with Crippen molar-refractivity contribution in [1.29, 1.82) is 0 Å². The Morgan fingerprint density at radius 2 is 1.91 bits per heavy atom. The lowest BCUT2D eigenvalue weighted by Crippen LogP contribution is -2.29. The van der Waals surface area contributed by atoms with Crippen molar-refractivity contribution in [2.24, 2.45) is 5.92 Å². The van der Waals surface area contributed by atoms with E-state index in [1.807, 2.05) is 13.0 Å². The lowest BCUT2D eigenvalue weighted by atomic mass is 10.0. The first-order valence-electron chi connectivity index (χ1n) is 10.7. The van der Waals surface area contributed by atoms with E-state index in [-0.39, 0.29) is 5.75 Å². The molecule has 0 N–H and O–H groups in total. The number of nitrogens with zero attached hydrogens (tertiary/aromatic N) is 3. The van der Waals surface area contributed by atoms with Crippen LogP contribution in [0.5, 0.6) is 5.75 Å². The Morgan fingerprint density at radius 1 is 1.16 bits per heavy atom. The van der Waals surface area contributed by atoms with Crippen molar-refractivity contribution >= 4 is 28.1 Å². The highest BCUT2D eigenvalue weighted by molar-refractivity contribution is 7.78. The second-order valence-electron chi connectivity index (χ2n) is 7.63. The van der Waals surface area contributed by atoms with Gasteiger partial charge in [0.05, 0.1) is 17.6 Å². The van der Waals surface area contributed by atoms with Gasteiger partial charge in [0.15, 0.2) is 0 Å². The van der Waals surface area contributed by atoms with Gasteiger partial charge in [-0.2, -0.15) is 4.21 Å². The van der Waals surface area contributed by atoms with Crippen LogP contribution in [0.3, 0.4) is 0 Å². The zero-order valence-electron chi connectivity index (χ0n) is 18.4. The zero-order chi connectivity index (χ0) is 23.1. The van der Waals surface area contributed by atoms with E-state index in [4.69, 9.17) is 8.92 Å². The molecule has 170 valence electrons. The van der Waals surface area contributed by atoms with Crippen LogP contribution in [0, 0.1) is 12.8 Å². The standard InChI is InChI=1S/C23H27N3O5S/c1-4-6-7-17(5-2)15-30-23(28)18-9-11-19(12-10-18)31-32(29)26-22(27)20-14-16(3)8-13-21(20)24-25-26/h8-14,17H,4-7,15H2,1-3H3. The fraction of sp³-hybridized carbons (Fsp3) is 0.391. The van der Waals surface area contributed by atoms with Crippen LogP contribution in [-0.4, -0.2) is 31.2 Å². The van der Waals surface area contributed by atoms with E-state index < -0.39 is 22.8 Å². The Morgan fingerprint density at radius 3 is 2.59 bits per heavy atom. The van der Waals surface area contributed by atoms with Crippen molar-refractivity contribution in [3.63, 3.8) is 0 Å². The van der Waals surface area contributed by atoms with Gasteiger partial charge in [-0.15, -0.1) is 5.10 Å². The highest BCUT2D eigenvalue weighted by Crippen LogP contribution is 2.17. The van der Waals surface area contributed by atoms with Crippen LogP contribution < -0.4 is 9.74 Å². The molecule has 0 aliphatic carbocycles. The predicted octanol–water partition coefficient (Wildman–Crippen LogP) is 3.98. The van der Waals surface area contributed by atoms with Crippen molar-refractivity contribution in [2.75, 3.05) is 6.61 Å².